The van der Waals surface area contributed by atoms with Crippen molar-refractivity contribution in [2.24, 2.45) is 5.10 Å². The first kappa shape index (κ1) is 15.8. The summed E-state index contributed by atoms with van der Waals surface area (Å²) in [7, 11) is 0. The smallest absolute Gasteiger partial charge is 0.267 e. The fourth-order valence-corrected chi connectivity index (χ4v) is 2.14. The van der Waals surface area contributed by atoms with E-state index in [-0.39, 0.29) is 5.91 Å². The summed E-state index contributed by atoms with van der Waals surface area (Å²) in [5.74, 6) is -0.303. The van der Waals surface area contributed by atoms with Gasteiger partial charge in [-0.3, -0.25) is 4.79 Å². The number of halogens is 1. The van der Waals surface area contributed by atoms with E-state index in [4.69, 9.17) is 11.6 Å². The zero-order chi connectivity index (χ0) is 16.9. The van der Waals surface area contributed by atoms with Crippen LogP contribution in [-0.2, 0) is 0 Å². The Kier molecular flexibility index (Phi) is 4.62. The van der Waals surface area contributed by atoms with Gasteiger partial charge in [0.1, 0.15) is 6.33 Å². The number of hydrazone groups is 1. The summed E-state index contributed by atoms with van der Waals surface area (Å²) in [6.45, 7) is 1.81. The van der Waals surface area contributed by atoms with Crippen molar-refractivity contribution in [2.45, 2.75) is 6.92 Å². The fraction of sp³-hybridized carbons (Fsp3) is 0.0625. The highest BCUT2D eigenvalue weighted by Crippen LogP contribution is 2.11. The molecular formula is C16H13ClN6O. The predicted molar refractivity (Wildman–Crippen MR) is 90.3 cm³/mol. The monoisotopic (exact) mass is 340 g/mol. The number of benzene rings is 2. The maximum atomic E-state index is 12.1. The number of rotatable bonds is 4. The summed E-state index contributed by atoms with van der Waals surface area (Å²) in [4.78, 5) is 12.1. The van der Waals surface area contributed by atoms with E-state index in [1.54, 1.807) is 35.9 Å². The van der Waals surface area contributed by atoms with Gasteiger partial charge in [0, 0.05) is 10.6 Å². The van der Waals surface area contributed by atoms with Gasteiger partial charge in [0.25, 0.3) is 5.91 Å². The van der Waals surface area contributed by atoms with Crippen molar-refractivity contribution in [2.75, 3.05) is 0 Å². The molecule has 8 heteroatoms. The largest absolute Gasteiger partial charge is 0.271 e. The lowest BCUT2D eigenvalue weighted by molar-refractivity contribution is 0.0955. The van der Waals surface area contributed by atoms with Crippen LogP contribution in [0.15, 0.2) is 60.0 Å². The Bertz CT molecular complexity index is 874. The van der Waals surface area contributed by atoms with Crippen molar-refractivity contribution in [3.8, 4) is 5.69 Å². The first-order chi connectivity index (χ1) is 11.6. The minimum Gasteiger partial charge on any atom is -0.267 e. The topological polar surface area (TPSA) is 85.1 Å². The van der Waals surface area contributed by atoms with Crippen molar-refractivity contribution in [1.82, 2.24) is 25.6 Å². The van der Waals surface area contributed by atoms with Crippen molar-refractivity contribution in [3.05, 3.63) is 71.0 Å². The lowest BCUT2D eigenvalue weighted by Crippen LogP contribution is -2.19. The molecule has 0 saturated carbocycles. The van der Waals surface area contributed by atoms with E-state index in [1.807, 2.05) is 24.3 Å². The SMILES string of the molecule is C/C(=N\NC(=O)c1ccc(Cl)cc1)c1cccc(-n2cnnn2)c1. The van der Waals surface area contributed by atoms with Crippen LogP contribution in [0, 0.1) is 0 Å². The molecule has 1 amide bonds. The van der Waals surface area contributed by atoms with Crippen LogP contribution in [-0.4, -0.2) is 31.8 Å². The average molecular weight is 341 g/mol. The van der Waals surface area contributed by atoms with Crippen molar-refractivity contribution < 1.29 is 4.79 Å². The molecule has 0 unspecified atom stereocenters. The molecule has 0 aliphatic rings. The molecule has 2 aromatic carbocycles. The number of tetrazole rings is 1. The fourth-order valence-electron chi connectivity index (χ4n) is 2.02. The van der Waals surface area contributed by atoms with E-state index in [0.717, 1.165) is 11.3 Å². The molecule has 3 rings (SSSR count). The van der Waals surface area contributed by atoms with Crippen LogP contribution in [0.4, 0.5) is 0 Å². The van der Waals surface area contributed by atoms with Gasteiger partial charge in [-0.25, -0.2) is 10.1 Å². The quantitative estimate of drug-likeness (QED) is 0.584. The number of carbonyl (C=O) groups excluding carboxylic acids is 1. The summed E-state index contributed by atoms with van der Waals surface area (Å²) in [6, 6.07) is 14.1. The predicted octanol–water partition coefficient (Wildman–Crippen LogP) is 2.47. The summed E-state index contributed by atoms with van der Waals surface area (Å²) in [5.41, 5.74) is 5.32. The van der Waals surface area contributed by atoms with Gasteiger partial charge in [0.2, 0.25) is 0 Å². The number of aromatic nitrogens is 4. The van der Waals surface area contributed by atoms with Gasteiger partial charge in [-0.2, -0.15) is 5.10 Å². The molecule has 0 bridgehead atoms. The molecule has 1 aromatic heterocycles. The second kappa shape index (κ2) is 7.01. The molecule has 1 N–H and O–H groups in total. The normalized spacial score (nSPS) is 11.3. The lowest BCUT2D eigenvalue weighted by atomic mass is 10.1. The molecule has 3 aromatic rings. The maximum absolute atomic E-state index is 12.1. The molecule has 0 saturated heterocycles. The first-order valence-electron chi connectivity index (χ1n) is 7.07. The Hall–Kier alpha value is -3.06. The highest BCUT2D eigenvalue weighted by molar-refractivity contribution is 6.30. The number of hydrogen-bond acceptors (Lipinski definition) is 5. The molecular weight excluding hydrogens is 328 g/mol. The molecule has 0 aliphatic carbocycles. The Morgan fingerprint density at radius 2 is 1.96 bits per heavy atom. The van der Waals surface area contributed by atoms with Gasteiger partial charge >= 0.3 is 0 Å². The highest BCUT2D eigenvalue weighted by atomic mass is 35.5. The molecule has 0 fully saturated rings. The minimum absolute atomic E-state index is 0.303. The number of hydrogen-bond donors (Lipinski definition) is 1. The molecule has 1 heterocycles. The third kappa shape index (κ3) is 3.64. The van der Waals surface area contributed by atoms with Gasteiger partial charge in [0.15, 0.2) is 0 Å². The Labute approximate surface area is 143 Å². The standard InChI is InChI=1S/C16H13ClN6O/c1-11(19-20-16(24)12-5-7-14(17)8-6-12)13-3-2-4-15(9-13)23-10-18-21-22-23/h2-10H,1H3,(H,20,24)/b19-11+. The van der Waals surface area contributed by atoms with Crippen LogP contribution in [0.3, 0.4) is 0 Å². The van der Waals surface area contributed by atoms with E-state index < -0.39 is 0 Å². The van der Waals surface area contributed by atoms with Gasteiger partial charge in [0.05, 0.1) is 11.4 Å². The number of nitrogens with one attached hydrogen (secondary N) is 1. The zero-order valence-corrected chi connectivity index (χ0v) is 13.5. The Morgan fingerprint density at radius 3 is 2.67 bits per heavy atom. The average Bonchev–Trinajstić information content (AvgIpc) is 3.15. The Balaban J connectivity index is 1.75. The van der Waals surface area contributed by atoms with Gasteiger partial charge in [-0.15, -0.1) is 5.10 Å². The summed E-state index contributed by atoms with van der Waals surface area (Å²) < 4.78 is 1.54. The van der Waals surface area contributed by atoms with Crippen molar-refractivity contribution in [3.63, 3.8) is 0 Å². The summed E-state index contributed by atoms with van der Waals surface area (Å²) in [5, 5.41) is 15.8. The maximum Gasteiger partial charge on any atom is 0.271 e. The Morgan fingerprint density at radius 1 is 1.17 bits per heavy atom. The highest BCUT2D eigenvalue weighted by Gasteiger charge is 2.06. The molecule has 0 atom stereocenters. The van der Waals surface area contributed by atoms with Crippen LogP contribution in [0.25, 0.3) is 5.69 Å². The van der Waals surface area contributed by atoms with Crippen LogP contribution in [0.1, 0.15) is 22.8 Å². The molecule has 0 radical (unpaired) electrons. The molecule has 0 spiro atoms. The minimum atomic E-state index is -0.303. The molecule has 24 heavy (non-hydrogen) atoms. The van der Waals surface area contributed by atoms with E-state index in [2.05, 4.69) is 26.1 Å². The number of carbonyl (C=O) groups is 1. The van der Waals surface area contributed by atoms with Gasteiger partial charge in [-0.1, -0.05) is 23.7 Å². The third-order valence-electron chi connectivity index (χ3n) is 3.31. The summed E-state index contributed by atoms with van der Waals surface area (Å²) in [6.07, 6.45) is 1.51. The van der Waals surface area contributed by atoms with Crippen molar-refractivity contribution in [1.29, 1.82) is 0 Å². The van der Waals surface area contributed by atoms with Crippen LogP contribution < -0.4 is 5.43 Å². The number of amides is 1. The molecule has 0 aliphatic heterocycles. The molecule has 7 nitrogen and oxygen atoms in total. The van der Waals surface area contributed by atoms with E-state index in [1.165, 1.54) is 6.33 Å². The van der Waals surface area contributed by atoms with Gasteiger partial charge < -0.3 is 0 Å². The van der Waals surface area contributed by atoms with Crippen LogP contribution in [0.5, 0.6) is 0 Å². The third-order valence-corrected chi connectivity index (χ3v) is 3.56. The number of nitrogens with zero attached hydrogens (tertiary/aromatic N) is 5. The van der Waals surface area contributed by atoms with E-state index in [9.17, 15) is 4.79 Å². The zero-order valence-electron chi connectivity index (χ0n) is 12.7. The van der Waals surface area contributed by atoms with E-state index >= 15 is 0 Å². The molecule has 120 valence electrons. The van der Waals surface area contributed by atoms with Crippen molar-refractivity contribution >= 4 is 23.2 Å². The van der Waals surface area contributed by atoms with Gasteiger partial charge in [-0.05, 0) is 59.3 Å². The first-order valence-corrected chi connectivity index (χ1v) is 7.45. The second-order valence-corrected chi connectivity index (χ2v) is 5.39. The second-order valence-electron chi connectivity index (χ2n) is 4.95. The van der Waals surface area contributed by atoms with Crippen LogP contribution >= 0.6 is 11.6 Å². The summed E-state index contributed by atoms with van der Waals surface area (Å²) >= 11 is 5.81. The van der Waals surface area contributed by atoms with E-state index in [0.29, 0.717) is 16.3 Å². The van der Waals surface area contributed by atoms with Crippen LogP contribution in [0.2, 0.25) is 5.02 Å². The lowest BCUT2D eigenvalue weighted by Gasteiger charge is -2.05.